The SMILES string of the molecule is C=CN=C1C/C(=C\CC#N)C(c2ccoc2)=C(c2ccccc2)N1. The van der Waals surface area contributed by atoms with Crippen molar-refractivity contribution in [2.75, 3.05) is 0 Å². The van der Waals surface area contributed by atoms with Gasteiger partial charge in [-0.2, -0.15) is 5.26 Å². The summed E-state index contributed by atoms with van der Waals surface area (Å²) >= 11 is 0. The van der Waals surface area contributed by atoms with Gasteiger partial charge in [0, 0.05) is 23.8 Å². The molecular weight excluding hydrogens is 298 g/mol. The molecule has 1 aromatic heterocycles. The quantitative estimate of drug-likeness (QED) is 0.902. The van der Waals surface area contributed by atoms with Crippen molar-refractivity contribution < 1.29 is 4.42 Å². The minimum Gasteiger partial charge on any atom is -0.472 e. The number of nitrogens with one attached hydrogen (secondary N) is 1. The van der Waals surface area contributed by atoms with Gasteiger partial charge in [-0.15, -0.1) is 0 Å². The standard InChI is InChI=1S/C20H17N3O/c1-2-22-18-13-16(9-6-11-21)19(17-10-12-24-14-17)20(23-18)15-7-4-3-5-8-15/h2-5,7-10,12,14H,1,6,13H2,(H,22,23)/b16-9+. The zero-order chi connectivity index (χ0) is 16.8. The third-order valence-electron chi connectivity index (χ3n) is 3.76. The van der Waals surface area contributed by atoms with Crippen LogP contribution in [0.3, 0.4) is 0 Å². The van der Waals surface area contributed by atoms with Gasteiger partial charge in [0.05, 0.1) is 30.7 Å². The molecule has 0 fully saturated rings. The van der Waals surface area contributed by atoms with Gasteiger partial charge in [0.25, 0.3) is 0 Å². The van der Waals surface area contributed by atoms with Crippen molar-refractivity contribution in [3.63, 3.8) is 0 Å². The molecule has 0 saturated carbocycles. The Labute approximate surface area is 141 Å². The van der Waals surface area contributed by atoms with E-state index in [1.165, 1.54) is 6.20 Å². The summed E-state index contributed by atoms with van der Waals surface area (Å²) < 4.78 is 5.28. The van der Waals surface area contributed by atoms with E-state index in [4.69, 9.17) is 9.68 Å². The van der Waals surface area contributed by atoms with E-state index in [9.17, 15) is 0 Å². The maximum Gasteiger partial charge on any atom is 0.110 e. The number of benzene rings is 1. The Morgan fingerprint density at radius 3 is 2.75 bits per heavy atom. The van der Waals surface area contributed by atoms with Gasteiger partial charge in [-0.25, -0.2) is 4.99 Å². The number of amidine groups is 1. The molecule has 2 heterocycles. The molecule has 0 bridgehead atoms. The minimum absolute atomic E-state index is 0.347. The normalized spacial score (nSPS) is 17.6. The summed E-state index contributed by atoms with van der Waals surface area (Å²) in [5, 5.41) is 12.4. The molecule has 4 nitrogen and oxygen atoms in total. The summed E-state index contributed by atoms with van der Waals surface area (Å²) in [6.45, 7) is 3.68. The van der Waals surface area contributed by atoms with Crippen LogP contribution in [0.4, 0.5) is 0 Å². The summed E-state index contributed by atoms with van der Waals surface area (Å²) in [7, 11) is 0. The highest BCUT2D eigenvalue weighted by molar-refractivity contribution is 6.10. The zero-order valence-electron chi connectivity index (χ0n) is 13.2. The highest BCUT2D eigenvalue weighted by atomic mass is 16.3. The number of nitriles is 1. The second kappa shape index (κ2) is 7.30. The van der Waals surface area contributed by atoms with E-state index in [-0.39, 0.29) is 0 Å². The molecule has 0 radical (unpaired) electrons. The molecule has 1 aliphatic heterocycles. The molecule has 1 aliphatic rings. The van der Waals surface area contributed by atoms with E-state index < -0.39 is 0 Å². The summed E-state index contributed by atoms with van der Waals surface area (Å²) in [5.41, 5.74) is 5.06. The fraction of sp³-hybridized carbons (Fsp3) is 0.100. The maximum atomic E-state index is 8.97. The molecule has 24 heavy (non-hydrogen) atoms. The summed E-state index contributed by atoms with van der Waals surface area (Å²) in [6, 6.07) is 14.2. The Balaban J connectivity index is 2.23. The Morgan fingerprint density at radius 1 is 1.25 bits per heavy atom. The summed E-state index contributed by atoms with van der Waals surface area (Å²) in [6.07, 6.45) is 7.81. The van der Waals surface area contributed by atoms with Crippen LogP contribution < -0.4 is 5.32 Å². The van der Waals surface area contributed by atoms with E-state index in [0.29, 0.717) is 12.8 Å². The molecule has 2 aromatic rings. The topological polar surface area (TPSA) is 61.3 Å². The van der Waals surface area contributed by atoms with Crippen LogP contribution in [0.2, 0.25) is 0 Å². The molecule has 1 N–H and O–H groups in total. The number of furan rings is 1. The molecule has 0 amide bonds. The number of hydrogen-bond donors (Lipinski definition) is 1. The van der Waals surface area contributed by atoms with Gasteiger partial charge in [-0.05, 0) is 17.2 Å². The van der Waals surface area contributed by atoms with Crippen LogP contribution in [0.1, 0.15) is 24.0 Å². The van der Waals surface area contributed by atoms with Crippen LogP contribution >= 0.6 is 0 Å². The lowest BCUT2D eigenvalue weighted by Crippen LogP contribution is -2.28. The van der Waals surface area contributed by atoms with Crippen LogP contribution in [-0.2, 0) is 0 Å². The second-order valence-electron chi connectivity index (χ2n) is 5.28. The Hall–Kier alpha value is -3.32. The molecule has 118 valence electrons. The monoisotopic (exact) mass is 315 g/mol. The molecule has 0 spiro atoms. The van der Waals surface area contributed by atoms with Crippen molar-refractivity contribution in [3.8, 4) is 6.07 Å². The lowest BCUT2D eigenvalue weighted by molar-refractivity contribution is 0.566. The summed E-state index contributed by atoms with van der Waals surface area (Å²) in [5.74, 6) is 0.806. The van der Waals surface area contributed by atoms with E-state index in [0.717, 1.165) is 33.8 Å². The molecule has 0 saturated heterocycles. The summed E-state index contributed by atoms with van der Waals surface area (Å²) in [4.78, 5) is 4.32. The average molecular weight is 315 g/mol. The van der Waals surface area contributed by atoms with E-state index >= 15 is 0 Å². The first kappa shape index (κ1) is 15.6. The van der Waals surface area contributed by atoms with E-state index in [1.54, 1.807) is 12.5 Å². The Bertz CT molecular complexity index is 850. The third kappa shape index (κ3) is 3.21. The van der Waals surface area contributed by atoms with Gasteiger partial charge in [-0.1, -0.05) is 43.0 Å². The number of hydrogen-bond acceptors (Lipinski definition) is 3. The highest BCUT2D eigenvalue weighted by Gasteiger charge is 2.24. The van der Waals surface area contributed by atoms with Crippen LogP contribution in [0.15, 0.2) is 82.8 Å². The van der Waals surface area contributed by atoms with Gasteiger partial charge >= 0.3 is 0 Å². The molecule has 0 atom stereocenters. The Kier molecular flexibility index (Phi) is 4.73. The largest absolute Gasteiger partial charge is 0.472 e. The van der Waals surface area contributed by atoms with E-state index in [2.05, 4.69) is 23.0 Å². The van der Waals surface area contributed by atoms with Crippen molar-refractivity contribution in [2.45, 2.75) is 12.8 Å². The van der Waals surface area contributed by atoms with Crippen LogP contribution in [0.25, 0.3) is 11.3 Å². The third-order valence-corrected chi connectivity index (χ3v) is 3.76. The molecule has 0 aliphatic carbocycles. The second-order valence-corrected chi connectivity index (χ2v) is 5.28. The van der Waals surface area contributed by atoms with Crippen molar-refractivity contribution in [2.24, 2.45) is 4.99 Å². The van der Waals surface area contributed by atoms with Gasteiger partial charge in [0.2, 0.25) is 0 Å². The molecule has 4 heteroatoms. The first-order valence-electron chi connectivity index (χ1n) is 7.66. The number of nitrogens with zero attached hydrogens (tertiary/aromatic N) is 2. The lowest BCUT2D eigenvalue weighted by atomic mass is 9.88. The van der Waals surface area contributed by atoms with Gasteiger partial charge < -0.3 is 9.73 Å². The molecule has 3 rings (SSSR count). The molecule has 0 unspecified atom stereocenters. The van der Waals surface area contributed by atoms with Crippen LogP contribution in [-0.4, -0.2) is 5.84 Å². The van der Waals surface area contributed by atoms with Crippen molar-refractivity contribution >= 4 is 17.1 Å². The first-order valence-corrected chi connectivity index (χ1v) is 7.66. The fourth-order valence-electron chi connectivity index (χ4n) is 2.77. The van der Waals surface area contributed by atoms with E-state index in [1.807, 2.05) is 42.5 Å². The zero-order valence-corrected chi connectivity index (χ0v) is 13.2. The first-order chi connectivity index (χ1) is 11.8. The number of aliphatic imine (C=N–C) groups is 1. The average Bonchev–Trinajstić information content (AvgIpc) is 3.14. The van der Waals surface area contributed by atoms with Crippen LogP contribution in [0, 0.1) is 11.3 Å². The smallest absolute Gasteiger partial charge is 0.110 e. The number of rotatable bonds is 4. The maximum absolute atomic E-state index is 8.97. The molecular formula is C20H17N3O. The van der Waals surface area contributed by atoms with Crippen molar-refractivity contribution in [3.05, 3.63) is 84.5 Å². The number of allylic oxidation sites excluding steroid dienone is 2. The molecule has 1 aromatic carbocycles. The van der Waals surface area contributed by atoms with Gasteiger partial charge in [0.1, 0.15) is 5.84 Å². The minimum atomic E-state index is 0.347. The predicted octanol–water partition coefficient (Wildman–Crippen LogP) is 4.52. The highest BCUT2D eigenvalue weighted by Crippen LogP contribution is 2.36. The Morgan fingerprint density at radius 2 is 2.08 bits per heavy atom. The lowest BCUT2D eigenvalue weighted by Gasteiger charge is -2.26. The van der Waals surface area contributed by atoms with Gasteiger partial charge in [-0.3, -0.25) is 0 Å². The predicted molar refractivity (Wildman–Crippen MR) is 95.7 cm³/mol. The van der Waals surface area contributed by atoms with Crippen molar-refractivity contribution in [1.29, 1.82) is 5.26 Å². The van der Waals surface area contributed by atoms with Gasteiger partial charge in [0.15, 0.2) is 0 Å². The fourth-order valence-corrected chi connectivity index (χ4v) is 2.77. The van der Waals surface area contributed by atoms with Crippen LogP contribution in [0.5, 0.6) is 0 Å². The van der Waals surface area contributed by atoms with Crippen molar-refractivity contribution in [1.82, 2.24) is 5.32 Å².